The highest BCUT2D eigenvalue weighted by Gasteiger charge is 2.11. The second-order valence-corrected chi connectivity index (χ2v) is 5.87. The van der Waals surface area contributed by atoms with E-state index in [0.29, 0.717) is 24.9 Å². The van der Waals surface area contributed by atoms with E-state index in [2.05, 4.69) is 10.6 Å². The van der Waals surface area contributed by atoms with Crippen molar-refractivity contribution < 1.29 is 13.9 Å². The van der Waals surface area contributed by atoms with Crippen LogP contribution in [-0.4, -0.2) is 24.9 Å². The third-order valence-corrected chi connectivity index (χ3v) is 3.96. The molecule has 2 aromatic rings. The number of thiocarbonyl (C=S) groups is 1. The van der Waals surface area contributed by atoms with E-state index in [1.54, 1.807) is 12.1 Å². The van der Waals surface area contributed by atoms with Crippen molar-refractivity contribution in [2.24, 2.45) is 0 Å². The summed E-state index contributed by atoms with van der Waals surface area (Å²) in [6.45, 7) is 2.47. The Kier molecular flexibility index (Phi) is 5.48. The van der Waals surface area contributed by atoms with E-state index in [9.17, 15) is 4.39 Å². The lowest BCUT2D eigenvalue weighted by atomic mass is 10.1. The summed E-state index contributed by atoms with van der Waals surface area (Å²) in [4.78, 5) is 0. The van der Waals surface area contributed by atoms with Gasteiger partial charge in [0.05, 0.1) is 0 Å². The van der Waals surface area contributed by atoms with E-state index in [4.69, 9.17) is 21.7 Å². The van der Waals surface area contributed by atoms with Crippen molar-refractivity contribution in [3.8, 4) is 11.5 Å². The van der Waals surface area contributed by atoms with Crippen molar-refractivity contribution in [2.45, 2.75) is 13.0 Å². The molecule has 0 aromatic heterocycles. The first kappa shape index (κ1) is 16.5. The molecular weight excluding hydrogens is 327 g/mol. The molecule has 0 saturated heterocycles. The van der Waals surface area contributed by atoms with Gasteiger partial charge in [0.2, 0.25) is 0 Å². The summed E-state index contributed by atoms with van der Waals surface area (Å²) in [5.41, 5.74) is 2.14. The van der Waals surface area contributed by atoms with Gasteiger partial charge in [0, 0.05) is 13.1 Å². The fourth-order valence-electron chi connectivity index (χ4n) is 2.41. The second-order valence-electron chi connectivity index (χ2n) is 5.46. The SMILES string of the molecule is Fc1ccc(CNC(=S)NCCc2ccc3c(c2)OCCO3)cc1. The van der Waals surface area contributed by atoms with Crippen LogP contribution in [0.2, 0.25) is 0 Å². The molecule has 0 saturated carbocycles. The summed E-state index contributed by atoms with van der Waals surface area (Å²) in [6.07, 6.45) is 0.828. The minimum absolute atomic E-state index is 0.237. The maximum Gasteiger partial charge on any atom is 0.166 e. The molecule has 0 atom stereocenters. The van der Waals surface area contributed by atoms with Gasteiger partial charge in [-0.2, -0.15) is 0 Å². The predicted molar refractivity (Wildman–Crippen MR) is 95.0 cm³/mol. The minimum Gasteiger partial charge on any atom is -0.486 e. The molecule has 0 spiro atoms. The number of fused-ring (bicyclic) bond motifs is 1. The summed E-state index contributed by atoms with van der Waals surface area (Å²) in [7, 11) is 0. The van der Waals surface area contributed by atoms with Gasteiger partial charge in [-0.25, -0.2) is 4.39 Å². The predicted octanol–water partition coefficient (Wildman–Crippen LogP) is 2.80. The highest BCUT2D eigenvalue weighted by Crippen LogP contribution is 2.30. The van der Waals surface area contributed by atoms with E-state index < -0.39 is 0 Å². The molecule has 2 aromatic carbocycles. The Balaban J connectivity index is 1.41. The van der Waals surface area contributed by atoms with Crippen LogP contribution in [-0.2, 0) is 13.0 Å². The van der Waals surface area contributed by atoms with Gasteiger partial charge >= 0.3 is 0 Å². The molecule has 1 aliphatic heterocycles. The first-order valence-electron chi connectivity index (χ1n) is 7.85. The number of halogens is 1. The average Bonchev–Trinajstić information content (AvgIpc) is 2.61. The van der Waals surface area contributed by atoms with Crippen molar-refractivity contribution in [3.63, 3.8) is 0 Å². The summed E-state index contributed by atoms with van der Waals surface area (Å²) < 4.78 is 23.9. The Morgan fingerprint density at radius 1 is 0.958 bits per heavy atom. The largest absolute Gasteiger partial charge is 0.486 e. The number of hydrogen-bond donors (Lipinski definition) is 2. The number of benzene rings is 2. The normalized spacial score (nSPS) is 12.5. The molecule has 1 heterocycles. The van der Waals surface area contributed by atoms with Crippen LogP contribution in [0.5, 0.6) is 11.5 Å². The van der Waals surface area contributed by atoms with Gasteiger partial charge in [-0.1, -0.05) is 18.2 Å². The van der Waals surface area contributed by atoms with Gasteiger partial charge in [0.1, 0.15) is 19.0 Å². The summed E-state index contributed by atoms with van der Waals surface area (Å²) >= 11 is 5.25. The Bertz CT molecular complexity index is 707. The molecular formula is C18H19FN2O2S. The Hall–Kier alpha value is -2.34. The number of ether oxygens (including phenoxy) is 2. The van der Waals surface area contributed by atoms with Crippen LogP contribution in [0.4, 0.5) is 4.39 Å². The monoisotopic (exact) mass is 346 g/mol. The second kappa shape index (κ2) is 7.97. The number of hydrogen-bond acceptors (Lipinski definition) is 3. The summed E-state index contributed by atoms with van der Waals surface area (Å²) in [6, 6.07) is 12.3. The first-order valence-corrected chi connectivity index (χ1v) is 8.26. The van der Waals surface area contributed by atoms with Gasteiger partial charge < -0.3 is 20.1 Å². The van der Waals surface area contributed by atoms with Crippen molar-refractivity contribution in [1.29, 1.82) is 0 Å². The smallest absolute Gasteiger partial charge is 0.166 e. The Labute approximate surface area is 146 Å². The van der Waals surface area contributed by atoms with Crippen LogP contribution in [0.1, 0.15) is 11.1 Å². The van der Waals surface area contributed by atoms with E-state index in [-0.39, 0.29) is 5.82 Å². The van der Waals surface area contributed by atoms with Crippen LogP contribution >= 0.6 is 12.2 Å². The van der Waals surface area contributed by atoms with Crippen molar-refractivity contribution in [2.75, 3.05) is 19.8 Å². The number of nitrogens with one attached hydrogen (secondary N) is 2. The Morgan fingerprint density at radius 3 is 2.46 bits per heavy atom. The summed E-state index contributed by atoms with van der Waals surface area (Å²) in [5.74, 6) is 1.36. The maximum atomic E-state index is 12.8. The zero-order valence-electron chi connectivity index (χ0n) is 13.2. The van der Waals surface area contributed by atoms with E-state index >= 15 is 0 Å². The molecule has 0 unspecified atom stereocenters. The molecule has 1 aliphatic rings. The van der Waals surface area contributed by atoms with Crippen molar-refractivity contribution in [1.82, 2.24) is 10.6 Å². The molecule has 126 valence electrons. The highest BCUT2D eigenvalue weighted by molar-refractivity contribution is 7.80. The van der Waals surface area contributed by atoms with Crippen LogP contribution in [0.15, 0.2) is 42.5 Å². The molecule has 0 fully saturated rings. The van der Waals surface area contributed by atoms with E-state index in [1.165, 1.54) is 12.1 Å². The third-order valence-electron chi connectivity index (χ3n) is 3.67. The van der Waals surface area contributed by atoms with Gasteiger partial charge in [0.15, 0.2) is 16.6 Å². The van der Waals surface area contributed by atoms with E-state index in [1.807, 2.05) is 18.2 Å². The Morgan fingerprint density at radius 2 is 1.67 bits per heavy atom. The van der Waals surface area contributed by atoms with Crippen molar-refractivity contribution in [3.05, 3.63) is 59.4 Å². The zero-order valence-corrected chi connectivity index (χ0v) is 14.0. The lowest BCUT2D eigenvalue weighted by Crippen LogP contribution is -2.35. The fraction of sp³-hybridized carbons (Fsp3) is 0.278. The van der Waals surface area contributed by atoms with E-state index in [0.717, 1.165) is 35.6 Å². The molecule has 24 heavy (non-hydrogen) atoms. The fourth-order valence-corrected chi connectivity index (χ4v) is 2.58. The molecule has 0 aliphatic carbocycles. The molecule has 0 amide bonds. The molecule has 6 heteroatoms. The molecule has 0 radical (unpaired) electrons. The van der Waals surface area contributed by atoms with Gasteiger partial charge in [0.25, 0.3) is 0 Å². The molecule has 4 nitrogen and oxygen atoms in total. The van der Waals surface area contributed by atoms with Gasteiger partial charge in [-0.05, 0) is 54.0 Å². The van der Waals surface area contributed by atoms with Crippen LogP contribution in [0.3, 0.4) is 0 Å². The molecule has 3 rings (SSSR count). The summed E-state index contributed by atoms with van der Waals surface area (Å²) in [5, 5.41) is 6.86. The van der Waals surface area contributed by atoms with Gasteiger partial charge in [-0.15, -0.1) is 0 Å². The average molecular weight is 346 g/mol. The lowest BCUT2D eigenvalue weighted by Gasteiger charge is -2.19. The first-order chi connectivity index (χ1) is 11.7. The topological polar surface area (TPSA) is 42.5 Å². The number of rotatable bonds is 5. The molecule has 2 N–H and O–H groups in total. The van der Waals surface area contributed by atoms with Gasteiger partial charge in [-0.3, -0.25) is 0 Å². The van der Waals surface area contributed by atoms with Crippen molar-refractivity contribution >= 4 is 17.3 Å². The third kappa shape index (κ3) is 4.58. The molecule has 0 bridgehead atoms. The highest BCUT2D eigenvalue weighted by atomic mass is 32.1. The minimum atomic E-state index is -0.237. The van der Waals surface area contributed by atoms with Crippen LogP contribution < -0.4 is 20.1 Å². The quantitative estimate of drug-likeness (QED) is 0.815. The standard InChI is InChI=1S/C18H19FN2O2S/c19-15-4-1-14(2-5-15)12-21-18(24)20-8-7-13-3-6-16-17(11-13)23-10-9-22-16/h1-6,11H,7-10,12H2,(H2,20,21,24). The van der Waals surface area contributed by atoms with Crippen LogP contribution in [0.25, 0.3) is 0 Å². The van der Waals surface area contributed by atoms with Crippen LogP contribution in [0, 0.1) is 5.82 Å². The maximum absolute atomic E-state index is 12.8. The lowest BCUT2D eigenvalue weighted by molar-refractivity contribution is 0.171. The zero-order chi connectivity index (χ0) is 16.8.